The third kappa shape index (κ3) is 4.05. The average Bonchev–Trinajstić information content (AvgIpc) is 3.13. The summed E-state index contributed by atoms with van der Waals surface area (Å²) in [6.45, 7) is 3.45. The topological polar surface area (TPSA) is 50.5 Å². The monoisotopic (exact) mass is 335 g/mol. The van der Waals surface area contributed by atoms with Crippen LogP contribution in [0.25, 0.3) is 0 Å². The highest BCUT2D eigenvalue weighted by Crippen LogP contribution is 2.32. The highest BCUT2D eigenvalue weighted by Gasteiger charge is 2.33. The van der Waals surface area contributed by atoms with E-state index in [-0.39, 0.29) is 12.5 Å². The van der Waals surface area contributed by atoms with Gasteiger partial charge in [0.05, 0.1) is 6.20 Å². The SMILES string of the molecule is Cn1cc([C@@H]2CN(CCOc3cccc(Cl)c3)C[C@H]2CO)cn1. The van der Waals surface area contributed by atoms with E-state index in [0.717, 1.165) is 25.4 Å². The summed E-state index contributed by atoms with van der Waals surface area (Å²) in [4.78, 5) is 2.34. The minimum atomic E-state index is 0.200. The molecule has 23 heavy (non-hydrogen) atoms. The summed E-state index contributed by atoms with van der Waals surface area (Å²) in [6, 6.07) is 7.44. The molecule has 1 saturated heterocycles. The van der Waals surface area contributed by atoms with Crippen LogP contribution in [0.4, 0.5) is 0 Å². The molecule has 6 heteroatoms. The Morgan fingerprint density at radius 1 is 1.39 bits per heavy atom. The van der Waals surface area contributed by atoms with Crippen molar-refractivity contribution in [1.82, 2.24) is 14.7 Å². The maximum Gasteiger partial charge on any atom is 0.120 e. The van der Waals surface area contributed by atoms with Crippen LogP contribution in [0.5, 0.6) is 5.75 Å². The van der Waals surface area contributed by atoms with E-state index in [9.17, 15) is 5.11 Å². The number of nitrogens with zero attached hydrogens (tertiary/aromatic N) is 3. The van der Waals surface area contributed by atoms with Gasteiger partial charge in [0.1, 0.15) is 12.4 Å². The highest BCUT2D eigenvalue weighted by molar-refractivity contribution is 6.30. The maximum atomic E-state index is 9.66. The lowest BCUT2D eigenvalue weighted by Gasteiger charge is -2.16. The Labute approximate surface area is 141 Å². The largest absolute Gasteiger partial charge is 0.492 e. The van der Waals surface area contributed by atoms with Gasteiger partial charge in [-0.3, -0.25) is 9.58 Å². The third-order valence-electron chi connectivity index (χ3n) is 4.38. The second kappa shape index (κ2) is 7.34. The van der Waals surface area contributed by atoms with Gasteiger partial charge in [0.25, 0.3) is 0 Å². The van der Waals surface area contributed by atoms with Gasteiger partial charge in [-0.1, -0.05) is 17.7 Å². The maximum absolute atomic E-state index is 9.66. The average molecular weight is 336 g/mol. The van der Waals surface area contributed by atoms with Crippen LogP contribution in [0.3, 0.4) is 0 Å². The molecule has 2 heterocycles. The fourth-order valence-corrected chi connectivity index (χ4v) is 3.37. The van der Waals surface area contributed by atoms with E-state index in [1.807, 2.05) is 48.4 Å². The van der Waals surface area contributed by atoms with Gasteiger partial charge in [0.15, 0.2) is 0 Å². The van der Waals surface area contributed by atoms with Crippen molar-refractivity contribution < 1.29 is 9.84 Å². The van der Waals surface area contributed by atoms with Crippen LogP contribution < -0.4 is 4.74 Å². The van der Waals surface area contributed by atoms with Crippen LogP contribution in [-0.2, 0) is 7.05 Å². The number of benzene rings is 1. The molecule has 2 aromatic rings. The van der Waals surface area contributed by atoms with Crippen molar-refractivity contribution in [2.75, 3.05) is 32.8 Å². The number of hydrogen-bond donors (Lipinski definition) is 1. The van der Waals surface area contributed by atoms with Crippen molar-refractivity contribution in [1.29, 1.82) is 0 Å². The van der Waals surface area contributed by atoms with Gasteiger partial charge in [-0.2, -0.15) is 5.10 Å². The zero-order valence-corrected chi connectivity index (χ0v) is 14.0. The lowest BCUT2D eigenvalue weighted by atomic mass is 9.92. The van der Waals surface area contributed by atoms with Crippen LogP contribution in [0.2, 0.25) is 5.02 Å². The van der Waals surface area contributed by atoms with Gasteiger partial charge in [-0.25, -0.2) is 0 Å². The van der Waals surface area contributed by atoms with Crippen molar-refractivity contribution in [2.45, 2.75) is 5.92 Å². The normalized spacial score (nSPS) is 21.7. The number of aliphatic hydroxyl groups is 1. The molecule has 1 aliphatic rings. The minimum absolute atomic E-state index is 0.200. The Morgan fingerprint density at radius 3 is 2.96 bits per heavy atom. The van der Waals surface area contributed by atoms with Crippen LogP contribution in [-0.4, -0.2) is 52.6 Å². The van der Waals surface area contributed by atoms with Crippen LogP contribution >= 0.6 is 11.6 Å². The summed E-state index contributed by atoms with van der Waals surface area (Å²) in [5, 5.41) is 14.6. The third-order valence-corrected chi connectivity index (χ3v) is 4.61. The van der Waals surface area contributed by atoms with Gasteiger partial charge in [-0.15, -0.1) is 0 Å². The number of ether oxygens (including phenoxy) is 1. The van der Waals surface area contributed by atoms with Gasteiger partial charge < -0.3 is 9.84 Å². The molecule has 124 valence electrons. The molecule has 0 bridgehead atoms. The van der Waals surface area contributed by atoms with Crippen molar-refractivity contribution >= 4 is 11.6 Å². The smallest absolute Gasteiger partial charge is 0.120 e. The van der Waals surface area contributed by atoms with Crippen molar-refractivity contribution in [3.63, 3.8) is 0 Å². The van der Waals surface area contributed by atoms with Gasteiger partial charge in [0.2, 0.25) is 0 Å². The molecule has 1 aliphatic heterocycles. The quantitative estimate of drug-likeness (QED) is 0.879. The first kappa shape index (κ1) is 16.3. The molecule has 0 unspecified atom stereocenters. The molecule has 1 aromatic carbocycles. The molecule has 0 radical (unpaired) electrons. The van der Waals surface area contributed by atoms with Gasteiger partial charge >= 0.3 is 0 Å². The fourth-order valence-electron chi connectivity index (χ4n) is 3.19. The van der Waals surface area contributed by atoms with E-state index in [0.29, 0.717) is 17.5 Å². The molecule has 0 saturated carbocycles. The van der Waals surface area contributed by atoms with Crippen LogP contribution in [0.15, 0.2) is 36.7 Å². The predicted molar refractivity (Wildman–Crippen MR) is 89.9 cm³/mol. The minimum Gasteiger partial charge on any atom is -0.492 e. The molecule has 5 nitrogen and oxygen atoms in total. The summed E-state index contributed by atoms with van der Waals surface area (Å²) in [5.74, 6) is 1.38. The molecule has 0 spiro atoms. The summed E-state index contributed by atoms with van der Waals surface area (Å²) in [6.07, 6.45) is 3.94. The first-order chi connectivity index (χ1) is 11.2. The van der Waals surface area contributed by atoms with Gasteiger partial charge in [0, 0.05) is 56.3 Å². The Balaban J connectivity index is 1.53. The lowest BCUT2D eigenvalue weighted by Crippen LogP contribution is -2.26. The standard InChI is InChI=1S/C17H22ClN3O2/c1-20-9-13(8-19-20)17-11-21(10-14(17)12-22)5-6-23-16-4-2-3-15(18)7-16/h2-4,7-9,14,17,22H,5-6,10-12H2,1H3/t14-,17-/m0/s1. The first-order valence-corrected chi connectivity index (χ1v) is 8.23. The molecule has 0 aliphatic carbocycles. The van der Waals surface area contributed by atoms with E-state index in [2.05, 4.69) is 10.00 Å². The summed E-state index contributed by atoms with van der Waals surface area (Å²) < 4.78 is 7.57. The Kier molecular flexibility index (Phi) is 5.20. The van der Waals surface area contributed by atoms with E-state index >= 15 is 0 Å². The van der Waals surface area contributed by atoms with E-state index in [4.69, 9.17) is 16.3 Å². The number of aryl methyl sites for hydroxylation is 1. The van der Waals surface area contributed by atoms with Crippen molar-refractivity contribution in [2.24, 2.45) is 13.0 Å². The van der Waals surface area contributed by atoms with E-state index in [1.165, 1.54) is 5.56 Å². The second-order valence-corrected chi connectivity index (χ2v) is 6.50. The first-order valence-electron chi connectivity index (χ1n) is 7.86. The zero-order valence-electron chi connectivity index (χ0n) is 13.2. The van der Waals surface area contributed by atoms with Crippen LogP contribution in [0.1, 0.15) is 11.5 Å². The summed E-state index contributed by atoms with van der Waals surface area (Å²) >= 11 is 5.95. The lowest BCUT2D eigenvalue weighted by molar-refractivity contribution is 0.202. The molecule has 0 amide bonds. The van der Waals surface area contributed by atoms with Crippen LogP contribution in [0, 0.1) is 5.92 Å². The summed E-state index contributed by atoms with van der Waals surface area (Å²) in [5.41, 5.74) is 1.20. The number of hydrogen-bond acceptors (Lipinski definition) is 4. The Bertz CT molecular complexity index is 646. The summed E-state index contributed by atoms with van der Waals surface area (Å²) in [7, 11) is 1.92. The van der Waals surface area contributed by atoms with Gasteiger partial charge in [-0.05, 0) is 23.8 Å². The second-order valence-electron chi connectivity index (χ2n) is 6.06. The number of aliphatic hydroxyl groups excluding tert-OH is 1. The van der Waals surface area contributed by atoms with Crippen molar-refractivity contribution in [3.05, 3.63) is 47.2 Å². The highest BCUT2D eigenvalue weighted by atomic mass is 35.5. The number of aromatic nitrogens is 2. The molecule has 1 aromatic heterocycles. The number of rotatable bonds is 6. The molecule has 1 N–H and O–H groups in total. The van der Waals surface area contributed by atoms with E-state index in [1.54, 1.807) is 0 Å². The number of halogens is 1. The molecule has 2 atom stereocenters. The predicted octanol–water partition coefficient (Wildman–Crippen LogP) is 2.16. The Hall–Kier alpha value is -1.56. The Morgan fingerprint density at radius 2 is 2.26 bits per heavy atom. The van der Waals surface area contributed by atoms with Crippen molar-refractivity contribution in [3.8, 4) is 5.75 Å². The molecule has 3 rings (SSSR count). The zero-order chi connectivity index (χ0) is 16.2. The number of likely N-dealkylation sites (tertiary alicyclic amines) is 1. The molecular weight excluding hydrogens is 314 g/mol. The fraction of sp³-hybridized carbons (Fsp3) is 0.471. The molecular formula is C17H22ClN3O2. The van der Waals surface area contributed by atoms with E-state index < -0.39 is 0 Å². The molecule has 1 fully saturated rings.